The molecule has 0 saturated heterocycles. The third-order valence-corrected chi connectivity index (χ3v) is 3.31. The Hall–Kier alpha value is -2.23. The molecular formula is C17H21N3O. The van der Waals surface area contributed by atoms with Crippen molar-refractivity contribution in [2.24, 2.45) is 0 Å². The van der Waals surface area contributed by atoms with Crippen LogP contribution in [0, 0.1) is 13.8 Å². The monoisotopic (exact) mass is 283 g/mol. The zero-order chi connectivity index (χ0) is 15.2. The number of rotatable bonds is 2. The number of anilines is 1. The lowest BCUT2D eigenvalue weighted by molar-refractivity contribution is 0.546. The first kappa shape index (κ1) is 13.7. The van der Waals surface area contributed by atoms with Crippen molar-refractivity contribution in [3.05, 3.63) is 41.8 Å². The number of nitrogens with one attached hydrogen (secondary N) is 1. The Labute approximate surface area is 124 Å². The summed E-state index contributed by atoms with van der Waals surface area (Å²) in [5, 5.41) is 3.56. The summed E-state index contributed by atoms with van der Waals surface area (Å²) in [6.07, 6.45) is 0. The highest BCUT2D eigenvalue weighted by atomic mass is 16.3. The maximum absolute atomic E-state index is 5.78. The molecule has 0 aromatic carbocycles. The summed E-state index contributed by atoms with van der Waals surface area (Å²) in [6, 6.07) is 10.1. The predicted molar refractivity (Wildman–Crippen MR) is 85.7 cm³/mol. The van der Waals surface area contributed by atoms with Gasteiger partial charge in [0, 0.05) is 11.2 Å². The number of aromatic nitrogens is 2. The zero-order valence-corrected chi connectivity index (χ0v) is 13.2. The largest absolute Gasteiger partial charge is 0.460 e. The smallest absolute Gasteiger partial charge is 0.156 e. The second-order valence-corrected chi connectivity index (χ2v) is 6.46. The maximum atomic E-state index is 5.78. The van der Waals surface area contributed by atoms with E-state index in [-0.39, 0.29) is 5.54 Å². The Balaban J connectivity index is 2.28. The maximum Gasteiger partial charge on any atom is 0.156 e. The summed E-state index contributed by atoms with van der Waals surface area (Å²) < 4.78 is 7.92. The summed E-state index contributed by atoms with van der Waals surface area (Å²) in [6.45, 7) is 10.5. The van der Waals surface area contributed by atoms with Crippen LogP contribution in [0.3, 0.4) is 0 Å². The molecule has 0 unspecified atom stereocenters. The summed E-state index contributed by atoms with van der Waals surface area (Å²) in [5.41, 5.74) is 2.86. The van der Waals surface area contributed by atoms with E-state index in [4.69, 9.17) is 9.40 Å². The summed E-state index contributed by atoms with van der Waals surface area (Å²) in [4.78, 5) is 4.75. The second-order valence-electron chi connectivity index (χ2n) is 6.46. The average Bonchev–Trinajstić information content (AvgIpc) is 2.93. The van der Waals surface area contributed by atoms with Crippen LogP contribution in [-0.2, 0) is 0 Å². The molecule has 3 aromatic rings. The van der Waals surface area contributed by atoms with E-state index in [9.17, 15) is 0 Å². The number of aryl methyl sites for hydroxylation is 2. The number of hydrogen-bond acceptors (Lipinski definition) is 3. The van der Waals surface area contributed by atoms with Crippen LogP contribution in [-0.4, -0.2) is 14.9 Å². The van der Waals surface area contributed by atoms with Gasteiger partial charge in [-0.3, -0.25) is 4.40 Å². The van der Waals surface area contributed by atoms with Crippen LogP contribution in [0.25, 0.3) is 17.1 Å². The van der Waals surface area contributed by atoms with E-state index < -0.39 is 0 Å². The molecule has 4 heteroatoms. The van der Waals surface area contributed by atoms with Crippen LogP contribution in [0.1, 0.15) is 32.2 Å². The molecule has 0 fully saturated rings. The van der Waals surface area contributed by atoms with Gasteiger partial charge in [0.1, 0.15) is 22.9 Å². The topological polar surface area (TPSA) is 42.5 Å². The van der Waals surface area contributed by atoms with Gasteiger partial charge in [-0.2, -0.15) is 0 Å². The summed E-state index contributed by atoms with van der Waals surface area (Å²) >= 11 is 0. The van der Waals surface area contributed by atoms with Crippen molar-refractivity contribution in [1.29, 1.82) is 0 Å². The molecule has 0 radical (unpaired) electrons. The first-order valence-electron chi connectivity index (χ1n) is 7.18. The second kappa shape index (κ2) is 4.65. The molecule has 0 bridgehead atoms. The van der Waals surface area contributed by atoms with Crippen molar-refractivity contribution in [2.75, 3.05) is 5.32 Å². The third kappa shape index (κ3) is 2.53. The molecule has 0 aliphatic carbocycles. The van der Waals surface area contributed by atoms with Crippen molar-refractivity contribution in [2.45, 2.75) is 40.2 Å². The van der Waals surface area contributed by atoms with E-state index in [1.165, 1.54) is 0 Å². The van der Waals surface area contributed by atoms with Gasteiger partial charge < -0.3 is 9.73 Å². The fourth-order valence-corrected chi connectivity index (χ4v) is 2.46. The normalized spacial score (nSPS) is 12.0. The first-order chi connectivity index (χ1) is 9.85. The molecule has 4 nitrogen and oxygen atoms in total. The van der Waals surface area contributed by atoms with Crippen molar-refractivity contribution in [3.8, 4) is 11.5 Å². The molecule has 0 aliphatic heterocycles. The van der Waals surface area contributed by atoms with Crippen molar-refractivity contribution < 1.29 is 4.42 Å². The van der Waals surface area contributed by atoms with Crippen molar-refractivity contribution >= 4 is 11.5 Å². The SMILES string of the molecule is Cc1ccc(-c2nc3cccc(C)n3c2NC(C)(C)C)o1. The van der Waals surface area contributed by atoms with Gasteiger partial charge in [0.05, 0.1) is 0 Å². The minimum atomic E-state index is -0.0609. The van der Waals surface area contributed by atoms with Gasteiger partial charge in [-0.25, -0.2) is 4.98 Å². The molecule has 110 valence electrons. The lowest BCUT2D eigenvalue weighted by Gasteiger charge is -2.22. The number of hydrogen-bond donors (Lipinski definition) is 1. The highest BCUT2D eigenvalue weighted by molar-refractivity contribution is 5.74. The number of furan rings is 1. The van der Waals surface area contributed by atoms with Gasteiger partial charge in [-0.05, 0) is 58.9 Å². The summed E-state index contributed by atoms with van der Waals surface area (Å²) in [7, 11) is 0. The standard InChI is InChI=1S/C17H21N3O/c1-11-7-6-8-14-18-15(13-10-9-12(2)21-13)16(20(11)14)19-17(3,4)5/h6-10,19H,1-5H3. The molecule has 1 N–H and O–H groups in total. The molecule has 3 aromatic heterocycles. The Bertz CT molecular complexity index is 790. The van der Waals surface area contributed by atoms with Crippen LogP contribution in [0.4, 0.5) is 5.82 Å². The van der Waals surface area contributed by atoms with E-state index in [1.54, 1.807) is 0 Å². The zero-order valence-electron chi connectivity index (χ0n) is 13.2. The molecule has 0 aliphatic rings. The van der Waals surface area contributed by atoms with E-state index >= 15 is 0 Å². The van der Waals surface area contributed by atoms with Crippen LogP contribution >= 0.6 is 0 Å². The van der Waals surface area contributed by atoms with Gasteiger partial charge in [-0.15, -0.1) is 0 Å². The fourth-order valence-electron chi connectivity index (χ4n) is 2.46. The van der Waals surface area contributed by atoms with E-state index in [1.807, 2.05) is 31.2 Å². The van der Waals surface area contributed by atoms with E-state index in [0.717, 1.165) is 34.4 Å². The van der Waals surface area contributed by atoms with Gasteiger partial charge in [0.15, 0.2) is 5.76 Å². The first-order valence-corrected chi connectivity index (χ1v) is 7.18. The number of imidazole rings is 1. The van der Waals surface area contributed by atoms with Gasteiger partial charge in [0.25, 0.3) is 0 Å². The molecule has 3 rings (SSSR count). The Morgan fingerprint density at radius 2 is 1.86 bits per heavy atom. The molecule has 0 spiro atoms. The van der Waals surface area contributed by atoms with Gasteiger partial charge >= 0.3 is 0 Å². The van der Waals surface area contributed by atoms with Crippen LogP contribution in [0.15, 0.2) is 34.7 Å². The minimum Gasteiger partial charge on any atom is -0.460 e. The summed E-state index contributed by atoms with van der Waals surface area (Å²) in [5.74, 6) is 2.66. The minimum absolute atomic E-state index is 0.0609. The van der Waals surface area contributed by atoms with Crippen molar-refractivity contribution in [1.82, 2.24) is 9.38 Å². The van der Waals surface area contributed by atoms with E-state index in [2.05, 4.69) is 43.5 Å². The highest BCUT2D eigenvalue weighted by Gasteiger charge is 2.21. The Morgan fingerprint density at radius 3 is 2.48 bits per heavy atom. The van der Waals surface area contributed by atoms with E-state index in [0.29, 0.717) is 0 Å². The van der Waals surface area contributed by atoms with Crippen LogP contribution < -0.4 is 5.32 Å². The molecule has 0 atom stereocenters. The average molecular weight is 283 g/mol. The van der Waals surface area contributed by atoms with Crippen LogP contribution in [0.5, 0.6) is 0 Å². The molecule has 21 heavy (non-hydrogen) atoms. The lowest BCUT2D eigenvalue weighted by atomic mass is 10.1. The number of pyridine rings is 1. The molecule has 3 heterocycles. The number of nitrogens with zero attached hydrogens (tertiary/aromatic N) is 2. The lowest BCUT2D eigenvalue weighted by Crippen LogP contribution is -2.27. The molecule has 0 saturated carbocycles. The fraction of sp³-hybridized carbons (Fsp3) is 0.353. The molecular weight excluding hydrogens is 262 g/mol. The highest BCUT2D eigenvalue weighted by Crippen LogP contribution is 2.32. The predicted octanol–water partition coefficient (Wildman–Crippen LogP) is 4.42. The van der Waals surface area contributed by atoms with Gasteiger partial charge in [-0.1, -0.05) is 6.07 Å². The molecule has 0 amide bonds. The Kier molecular flexibility index (Phi) is 3.04. The number of fused-ring (bicyclic) bond motifs is 1. The van der Waals surface area contributed by atoms with Crippen LogP contribution in [0.2, 0.25) is 0 Å². The van der Waals surface area contributed by atoms with Crippen molar-refractivity contribution in [3.63, 3.8) is 0 Å². The van der Waals surface area contributed by atoms with Gasteiger partial charge in [0.2, 0.25) is 0 Å². The Morgan fingerprint density at radius 1 is 1.10 bits per heavy atom. The quantitative estimate of drug-likeness (QED) is 0.757. The third-order valence-electron chi connectivity index (χ3n) is 3.31.